The van der Waals surface area contributed by atoms with Crippen LogP contribution in [0.1, 0.15) is 25.1 Å². The summed E-state index contributed by atoms with van der Waals surface area (Å²) >= 11 is 3.26. The highest BCUT2D eigenvalue weighted by atomic mass is 79.9. The van der Waals surface area contributed by atoms with Crippen LogP contribution in [0, 0.1) is 12.7 Å². The molecule has 1 aromatic carbocycles. The van der Waals surface area contributed by atoms with Crippen molar-refractivity contribution < 1.29 is 9.13 Å². The second-order valence-corrected chi connectivity index (χ2v) is 6.15. The summed E-state index contributed by atoms with van der Waals surface area (Å²) in [6.07, 6.45) is 0. The van der Waals surface area contributed by atoms with E-state index in [4.69, 9.17) is 4.74 Å². The van der Waals surface area contributed by atoms with E-state index in [2.05, 4.69) is 40.2 Å². The van der Waals surface area contributed by atoms with Gasteiger partial charge in [-0.3, -0.25) is 0 Å². The highest BCUT2D eigenvalue weighted by Crippen LogP contribution is 2.29. The number of ether oxygens (including phenoxy) is 1. The van der Waals surface area contributed by atoms with Gasteiger partial charge in [-0.1, -0.05) is 29.8 Å². The van der Waals surface area contributed by atoms with Crippen molar-refractivity contribution >= 4 is 15.9 Å². The third-order valence-electron chi connectivity index (χ3n) is 3.03. The van der Waals surface area contributed by atoms with Crippen molar-refractivity contribution in [2.24, 2.45) is 7.05 Å². The predicted molar refractivity (Wildman–Crippen MR) is 84.1 cm³/mol. The molecule has 0 aliphatic carbocycles. The van der Waals surface area contributed by atoms with Gasteiger partial charge in [-0.05, 0) is 19.1 Å². The van der Waals surface area contributed by atoms with Gasteiger partial charge in [-0.15, -0.1) is 0 Å². The molecule has 0 bridgehead atoms. The maximum atomic E-state index is 13.4. The fraction of sp³-hybridized carbons (Fsp3) is 0.400. The Morgan fingerprint density at radius 1 is 1.38 bits per heavy atom. The van der Waals surface area contributed by atoms with E-state index in [1.165, 1.54) is 12.1 Å². The molecule has 0 fully saturated rings. The lowest BCUT2D eigenvalue weighted by molar-refractivity contribution is 0.419. The predicted octanol–water partition coefficient (Wildman–Crippen LogP) is 3.92. The Hall–Kier alpha value is -1.40. The van der Waals surface area contributed by atoms with Crippen LogP contribution < -0.4 is 10.1 Å². The van der Waals surface area contributed by atoms with Crippen LogP contribution in [0.25, 0.3) is 0 Å². The first kappa shape index (κ1) is 16.0. The van der Waals surface area contributed by atoms with Crippen molar-refractivity contribution in [2.45, 2.75) is 33.4 Å². The first-order valence-corrected chi connectivity index (χ1v) is 7.56. The van der Waals surface area contributed by atoms with E-state index in [1.807, 2.05) is 14.0 Å². The Labute approximate surface area is 132 Å². The lowest BCUT2D eigenvalue weighted by atomic mass is 10.2. The van der Waals surface area contributed by atoms with Crippen LogP contribution in [0.4, 0.5) is 4.39 Å². The van der Waals surface area contributed by atoms with E-state index in [9.17, 15) is 4.39 Å². The molecule has 0 aliphatic heterocycles. The maximum Gasteiger partial charge on any atom is 0.222 e. The molecule has 1 aromatic heterocycles. The van der Waals surface area contributed by atoms with E-state index in [0.717, 1.165) is 11.3 Å². The molecule has 2 rings (SSSR count). The van der Waals surface area contributed by atoms with Crippen LogP contribution in [-0.4, -0.2) is 15.8 Å². The highest BCUT2D eigenvalue weighted by Gasteiger charge is 2.16. The summed E-state index contributed by atoms with van der Waals surface area (Å²) in [4.78, 5) is 0. The van der Waals surface area contributed by atoms with Crippen molar-refractivity contribution in [2.75, 3.05) is 0 Å². The molecule has 1 heterocycles. The van der Waals surface area contributed by atoms with Gasteiger partial charge in [0.2, 0.25) is 5.88 Å². The number of hydrogen-bond donors (Lipinski definition) is 1. The average Bonchev–Trinajstić information content (AvgIpc) is 2.60. The molecule has 0 aliphatic rings. The standard InChI is InChI=1S/C15H19BrFN3O/c1-9(2)18-8-14-10(3)19-20(4)15(14)21-13-6-11(16)5-12(17)7-13/h5-7,9,18H,8H2,1-4H3. The van der Waals surface area contributed by atoms with Gasteiger partial charge in [0.05, 0.1) is 11.3 Å². The second kappa shape index (κ2) is 6.58. The Balaban J connectivity index is 2.30. The van der Waals surface area contributed by atoms with Crippen LogP contribution in [0.5, 0.6) is 11.6 Å². The van der Waals surface area contributed by atoms with Gasteiger partial charge in [-0.25, -0.2) is 9.07 Å². The zero-order valence-corrected chi connectivity index (χ0v) is 14.2. The molecule has 0 atom stereocenters. The molecule has 4 nitrogen and oxygen atoms in total. The summed E-state index contributed by atoms with van der Waals surface area (Å²) in [5.74, 6) is 0.717. The van der Waals surface area contributed by atoms with Crippen LogP contribution in [0.2, 0.25) is 0 Å². The van der Waals surface area contributed by atoms with Gasteiger partial charge in [0, 0.05) is 30.2 Å². The topological polar surface area (TPSA) is 39.1 Å². The van der Waals surface area contributed by atoms with Gasteiger partial charge < -0.3 is 10.1 Å². The third kappa shape index (κ3) is 4.04. The Bertz CT molecular complexity index is 620. The first-order chi connectivity index (χ1) is 9.86. The van der Waals surface area contributed by atoms with Crippen molar-refractivity contribution in [1.29, 1.82) is 0 Å². The summed E-state index contributed by atoms with van der Waals surface area (Å²) in [6, 6.07) is 4.83. The van der Waals surface area contributed by atoms with Gasteiger partial charge in [0.25, 0.3) is 0 Å². The van der Waals surface area contributed by atoms with Crippen molar-refractivity contribution in [3.8, 4) is 11.6 Å². The quantitative estimate of drug-likeness (QED) is 0.883. The zero-order chi connectivity index (χ0) is 15.6. The SMILES string of the molecule is Cc1nn(C)c(Oc2cc(F)cc(Br)c2)c1CNC(C)C. The van der Waals surface area contributed by atoms with Crippen molar-refractivity contribution in [3.05, 3.63) is 39.7 Å². The van der Waals surface area contributed by atoms with Crippen molar-refractivity contribution in [1.82, 2.24) is 15.1 Å². The lowest BCUT2D eigenvalue weighted by Crippen LogP contribution is -2.22. The van der Waals surface area contributed by atoms with E-state index < -0.39 is 0 Å². The molecular formula is C15H19BrFN3O. The number of aryl methyl sites for hydroxylation is 2. The van der Waals surface area contributed by atoms with Crippen LogP contribution >= 0.6 is 15.9 Å². The molecule has 0 unspecified atom stereocenters. The van der Waals surface area contributed by atoms with Gasteiger partial charge in [0.15, 0.2) is 0 Å². The number of benzene rings is 1. The number of rotatable bonds is 5. The van der Waals surface area contributed by atoms with E-state index >= 15 is 0 Å². The van der Waals surface area contributed by atoms with Crippen LogP contribution in [-0.2, 0) is 13.6 Å². The Morgan fingerprint density at radius 3 is 2.71 bits per heavy atom. The number of aromatic nitrogens is 2. The molecule has 1 N–H and O–H groups in total. The average molecular weight is 356 g/mol. The molecule has 2 aromatic rings. The molecule has 114 valence electrons. The first-order valence-electron chi connectivity index (χ1n) is 6.76. The minimum absolute atomic E-state index is 0.347. The fourth-order valence-electron chi connectivity index (χ4n) is 2.02. The summed E-state index contributed by atoms with van der Waals surface area (Å²) in [6.45, 7) is 6.75. The molecule has 0 radical (unpaired) electrons. The van der Waals surface area contributed by atoms with Gasteiger partial charge in [-0.2, -0.15) is 5.10 Å². The molecule has 0 amide bonds. The zero-order valence-electron chi connectivity index (χ0n) is 12.6. The fourth-order valence-corrected chi connectivity index (χ4v) is 2.46. The minimum Gasteiger partial charge on any atom is -0.439 e. The van der Waals surface area contributed by atoms with Crippen LogP contribution in [0.3, 0.4) is 0 Å². The molecule has 0 spiro atoms. The number of nitrogens with one attached hydrogen (secondary N) is 1. The largest absolute Gasteiger partial charge is 0.439 e. The molecule has 6 heteroatoms. The monoisotopic (exact) mass is 355 g/mol. The molecule has 21 heavy (non-hydrogen) atoms. The van der Waals surface area contributed by atoms with Gasteiger partial charge >= 0.3 is 0 Å². The number of hydrogen-bond acceptors (Lipinski definition) is 3. The summed E-state index contributed by atoms with van der Waals surface area (Å²) in [7, 11) is 1.82. The van der Waals surface area contributed by atoms with E-state index in [-0.39, 0.29) is 5.82 Å². The molecular weight excluding hydrogens is 337 g/mol. The van der Waals surface area contributed by atoms with E-state index in [1.54, 1.807) is 10.7 Å². The number of halogens is 2. The second-order valence-electron chi connectivity index (χ2n) is 5.24. The normalized spacial score (nSPS) is 11.2. The summed E-state index contributed by atoms with van der Waals surface area (Å²) < 4.78 is 21.6. The lowest BCUT2D eigenvalue weighted by Gasteiger charge is -2.11. The highest BCUT2D eigenvalue weighted by molar-refractivity contribution is 9.10. The van der Waals surface area contributed by atoms with Crippen LogP contribution in [0.15, 0.2) is 22.7 Å². The Kier molecular flexibility index (Phi) is 5.00. The van der Waals surface area contributed by atoms with Gasteiger partial charge in [0.1, 0.15) is 11.6 Å². The molecule has 0 saturated heterocycles. The maximum absolute atomic E-state index is 13.4. The summed E-state index contributed by atoms with van der Waals surface area (Å²) in [5.41, 5.74) is 1.88. The Morgan fingerprint density at radius 2 is 2.10 bits per heavy atom. The van der Waals surface area contributed by atoms with Crippen molar-refractivity contribution in [3.63, 3.8) is 0 Å². The number of nitrogens with zero attached hydrogens (tertiary/aromatic N) is 2. The minimum atomic E-state index is -0.347. The summed E-state index contributed by atoms with van der Waals surface area (Å²) in [5, 5.41) is 7.72. The smallest absolute Gasteiger partial charge is 0.222 e. The molecule has 0 saturated carbocycles. The third-order valence-corrected chi connectivity index (χ3v) is 3.48. The van der Waals surface area contributed by atoms with E-state index in [0.29, 0.717) is 28.7 Å².